The van der Waals surface area contributed by atoms with Gasteiger partial charge in [0.2, 0.25) is 0 Å². The van der Waals surface area contributed by atoms with Crippen LogP contribution in [-0.4, -0.2) is 70.1 Å². The van der Waals surface area contributed by atoms with Gasteiger partial charge in [-0.1, -0.05) is 0 Å². The van der Waals surface area contributed by atoms with Crippen molar-refractivity contribution >= 4 is 37.0 Å². The fourth-order valence-electron chi connectivity index (χ4n) is 2.55. The van der Waals surface area contributed by atoms with Crippen molar-refractivity contribution in [2.24, 2.45) is 0 Å². The SMILES string of the molecule is O=S1(=O)CCC(NCCNC(=S)NC2CCS(=O)(=O)C2)C1. The summed E-state index contributed by atoms with van der Waals surface area (Å²) >= 11 is 5.11. The molecule has 2 unspecified atom stereocenters. The standard InChI is InChI=1S/C11H21N3O4S3/c15-20(16)5-1-9(7-20)12-3-4-13-11(19)14-10-2-6-21(17,18)8-10/h9-10,12H,1-8H2,(H2,13,14,19). The van der Waals surface area contributed by atoms with Crippen molar-refractivity contribution in [2.45, 2.75) is 24.9 Å². The van der Waals surface area contributed by atoms with Crippen molar-refractivity contribution in [3.8, 4) is 0 Å². The van der Waals surface area contributed by atoms with Gasteiger partial charge in [0.05, 0.1) is 23.0 Å². The molecule has 0 aliphatic carbocycles. The van der Waals surface area contributed by atoms with Gasteiger partial charge in [0.25, 0.3) is 0 Å². The van der Waals surface area contributed by atoms with E-state index in [2.05, 4.69) is 16.0 Å². The quantitative estimate of drug-likeness (QED) is 0.401. The smallest absolute Gasteiger partial charge is 0.166 e. The summed E-state index contributed by atoms with van der Waals surface area (Å²) in [5.41, 5.74) is 0. The summed E-state index contributed by atoms with van der Waals surface area (Å²) in [4.78, 5) is 0. The van der Waals surface area contributed by atoms with Crippen LogP contribution < -0.4 is 16.0 Å². The summed E-state index contributed by atoms with van der Waals surface area (Å²) in [7, 11) is -5.76. The number of sulfone groups is 2. The molecule has 0 radical (unpaired) electrons. The van der Waals surface area contributed by atoms with Crippen LogP contribution >= 0.6 is 12.2 Å². The molecule has 21 heavy (non-hydrogen) atoms. The Bertz CT molecular complexity index is 588. The molecule has 0 aromatic heterocycles. The highest BCUT2D eigenvalue weighted by molar-refractivity contribution is 7.92. The van der Waals surface area contributed by atoms with E-state index < -0.39 is 19.7 Å². The summed E-state index contributed by atoms with van der Waals surface area (Å²) < 4.78 is 45.2. The first kappa shape index (κ1) is 16.9. The highest BCUT2D eigenvalue weighted by atomic mass is 32.2. The minimum Gasteiger partial charge on any atom is -0.361 e. The maximum absolute atomic E-state index is 11.3. The number of rotatable bonds is 5. The maximum atomic E-state index is 11.3. The van der Waals surface area contributed by atoms with Gasteiger partial charge in [0, 0.05) is 25.2 Å². The Kier molecular flexibility index (Phi) is 5.44. The fraction of sp³-hybridized carbons (Fsp3) is 0.909. The van der Waals surface area contributed by atoms with Gasteiger partial charge in [-0.2, -0.15) is 0 Å². The van der Waals surface area contributed by atoms with E-state index in [1.165, 1.54) is 0 Å². The van der Waals surface area contributed by atoms with Gasteiger partial charge in [-0.05, 0) is 25.1 Å². The molecular weight excluding hydrogens is 334 g/mol. The predicted octanol–water partition coefficient (Wildman–Crippen LogP) is -1.59. The Hall–Kier alpha value is -0.450. The third kappa shape index (κ3) is 5.68. The Morgan fingerprint density at radius 1 is 0.952 bits per heavy atom. The molecule has 2 atom stereocenters. The van der Waals surface area contributed by atoms with Crippen LogP contribution in [0.4, 0.5) is 0 Å². The van der Waals surface area contributed by atoms with Gasteiger partial charge in [0.1, 0.15) is 0 Å². The van der Waals surface area contributed by atoms with Gasteiger partial charge in [0.15, 0.2) is 24.8 Å². The van der Waals surface area contributed by atoms with Gasteiger partial charge in [-0.15, -0.1) is 0 Å². The van der Waals surface area contributed by atoms with Crippen molar-refractivity contribution < 1.29 is 16.8 Å². The topological polar surface area (TPSA) is 104 Å². The minimum absolute atomic E-state index is 0.0262. The summed E-state index contributed by atoms with van der Waals surface area (Å²) in [5.74, 6) is 0.807. The zero-order valence-electron chi connectivity index (χ0n) is 11.7. The van der Waals surface area contributed by atoms with Crippen LogP contribution in [0.2, 0.25) is 0 Å². The fourth-order valence-corrected chi connectivity index (χ4v) is 6.20. The van der Waals surface area contributed by atoms with Crippen molar-refractivity contribution in [1.82, 2.24) is 16.0 Å². The third-order valence-corrected chi connectivity index (χ3v) is 7.44. The highest BCUT2D eigenvalue weighted by Crippen LogP contribution is 2.11. The van der Waals surface area contributed by atoms with Gasteiger partial charge in [-0.3, -0.25) is 0 Å². The van der Waals surface area contributed by atoms with E-state index in [0.29, 0.717) is 31.0 Å². The second-order valence-electron chi connectivity index (χ2n) is 5.55. The van der Waals surface area contributed by atoms with Crippen LogP contribution in [0.3, 0.4) is 0 Å². The molecule has 2 saturated heterocycles. The Balaban J connectivity index is 1.58. The third-order valence-electron chi connectivity index (χ3n) is 3.64. The molecule has 3 N–H and O–H groups in total. The molecule has 2 aliphatic heterocycles. The second kappa shape index (κ2) is 6.76. The number of hydrogen-bond donors (Lipinski definition) is 3. The molecule has 2 heterocycles. The molecule has 0 aromatic rings. The highest BCUT2D eigenvalue weighted by Gasteiger charge is 2.28. The van der Waals surface area contributed by atoms with Crippen molar-refractivity contribution in [1.29, 1.82) is 0 Å². The first-order valence-corrected chi connectivity index (χ1v) is 11.0. The molecule has 122 valence electrons. The molecular formula is C11H21N3O4S3. The van der Waals surface area contributed by atoms with Crippen LogP contribution in [0.15, 0.2) is 0 Å². The van der Waals surface area contributed by atoms with Crippen molar-refractivity contribution in [3.63, 3.8) is 0 Å². The lowest BCUT2D eigenvalue weighted by Crippen LogP contribution is -2.45. The lowest BCUT2D eigenvalue weighted by atomic mass is 10.2. The molecule has 2 aliphatic rings. The minimum atomic E-state index is -2.91. The molecule has 0 amide bonds. The van der Waals surface area contributed by atoms with Gasteiger partial charge < -0.3 is 16.0 Å². The van der Waals surface area contributed by atoms with E-state index >= 15 is 0 Å². The molecule has 0 aromatic carbocycles. The summed E-state index contributed by atoms with van der Waals surface area (Å²) in [6.45, 7) is 1.19. The van der Waals surface area contributed by atoms with E-state index in [9.17, 15) is 16.8 Å². The largest absolute Gasteiger partial charge is 0.361 e. The number of nitrogens with one attached hydrogen (secondary N) is 3. The van der Waals surface area contributed by atoms with Crippen LogP contribution in [0.1, 0.15) is 12.8 Å². The van der Waals surface area contributed by atoms with Crippen molar-refractivity contribution in [2.75, 3.05) is 36.1 Å². The monoisotopic (exact) mass is 355 g/mol. The molecule has 0 saturated carbocycles. The van der Waals surface area contributed by atoms with E-state index in [-0.39, 0.29) is 35.1 Å². The zero-order chi connectivity index (χ0) is 15.5. The lowest BCUT2D eigenvalue weighted by molar-refractivity contribution is 0.550. The Labute approximate surface area is 131 Å². The van der Waals surface area contributed by atoms with Gasteiger partial charge in [-0.25, -0.2) is 16.8 Å². The van der Waals surface area contributed by atoms with Crippen LogP contribution in [0, 0.1) is 0 Å². The van der Waals surface area contributed by atoms with E-state index in [1.54, 1.807) is 0 Å². The van der Waals surface area contributed by atoms with E-state index in [1.807, 2.05) is 0 Å². The summed E-state index contributed by atoms with van der Waals surface area (Å²) in [6.07, 6.45) is 1.24. The van der Waals surface area contributed by atoms with Crippen LogP contribution in [-0.2, 0) is 19.7 Å². The molecule has 10 heteroatoms. The first-order valence-electron chi connectivity index (χ1n) is 6.94. The first-order chi connectivity index (χ1) is 9.76. The average molecular weight is 356 g/mol. The molecule has 7 nitrogen and oxygen atoms in total. The Morgan fingerprint density at radius 2 is 1.52 bits per heavy atom. The van der Waals surface area contributed by atoms with Crippen molar-refractivity contribution in [3.05, 3.63) is 0 Å². The average Bonchev–Trinajstić information content (AvgIpc) is 2.87. The molecule has 0 spiro atoms. The van der Waals surface area contributed by atoms with Gasteiger partial charge >= 0.3 is 0 Å². The summed E-state index contributed by atoms with van der Waals surface area (Å²) in [5, 5.41) is 9.61. The predicted molar refractivity (Wildman–Crippen MR) is 85.9 cm³/mol. The zero-order valence-corrected chi connectivity index (χ0v) is 14.1. The lowest BCUT2D eigenvalue weighted by Gasteiger charge is -2.16. The van der Waals surface area contributed by atoms with Crippen LogP contribution in [0.25, 0.3) is 0 Å². The number of hydrogen-bond acceptors (Lipinski definition) is 6. The molecule has 0 bridgehead atoms. The molecule has 2 rings (SSSR count). The molecule has 2 fully saturated rings. The number of thiocarbonyl (C=S) groups is 1. The van der Waals surface area contributed by atoms with Crippen LogP contribution in [0.5, 0.6) is 0 Å². The van der Waals surface area contributed by atoms with E-state index in [4.69, 9.17) is 12.2 Å². The Morgan fingerprint density at radius 3 is 2.05 bits per heavy atom. The van der Waals surface area contributed by atoms with E-state index in [0.717, 1.165) is 0 Å². The maximum Gasteiger partial charge on any atom is 0.166 e. The second-order valence-corrected chi connectivity index (χ2v) is 10.4. The normalized spacial score (nSPS) is 30.1. The summed E-state index contributed by atoms with van der Waals surface area (Å²) in [6, 6.07) is -0.0822.